The van der Waals surface area contributed by atoms with Crippen LogP contribution in [0, 0.1) is 0 Å². The van der Waals surface area contributed by atoms with Crippen molar-refractivity contribution in [1.82, 2.24) is 15.0 Å². The molecule has 9 heteroatoms. The lowest BCUT2D eigenvalue weighted by Crippen LogP contribution is -2.15. The van der Waals surface area contributed by atoms with Gasteiger partial charge in [-0.15, -0.1) is 0 Å². The molecule has 252 valence electrons. The third kappa shape index (κ3) is 3.24. The van der Waals surface area contributed by atoms with E-state index in [1.807, 2.05) is 91.0 Å². The van der Waals surface area contributed by atoms with E-state index in [4.69, 9.17) is 13.3 Å². The number of fused-ring (bicyclic) bond motifs is 21. The minimum absolute atomic E-state index is 0.183. The lowest BCUT2D eigenvalue weighted by molar-refractivity contribution is 0.671. The smallest absolute Gasteiger partial charge is 0.199 e. The highest BCUT2D eigenvalue weighted by Gasteiger charge is 2.25. The van der Waals surface area contributed by atoms with Crippen LogP contribution in [0.4, 0.5) is 0 Å². The standard InChI is InChI=1S/C45H21N3O6/c49-40-25-16-13-22-19-7-1-4-10-28(19)52-43(22)34(25)46-37-31(40)38-33(42(51)27-18-15-24-21-9-3-6-12-30(21)54-45(24)36(27)47-38)39-32(37)41(50)26-17-14-23-20-8-2-5-11-29(20)53-44(23)35(26)48-39/h1-18H,(H,46,49)(H,47,51)(H,48,50). The molecule has 13 rings (SSSR count). The van der Waals surface area contributed by atoms with Gasteiger partial charge >= 0.3 is 0 Å². The summed E-state index contributed by atoms with van der Waals surface area (Å²) in [6.45, 7) is 0. The molecule has 54 heavy (non-hydrogen) atoms. The van der Waals surface area contributed by atoms with E-state index in [-0.39, 0.29) is 49.0 Å². The molecule has 0 saturated heterocycles. The molecule has 0 aliphatic rings. The maximum atomic E-state index is 15.0. The molecule has 13 aromatic rings. The summed E-state index contributed by atoms with van der Waals surface area (Å²) in [4.78, 5) is 55.4. The summed E-state index contributed by atoms with van der Waals surface area (Å²) in [7, 11) is 0. The number of pyridine rings is 3. The first-order valence-corrected chi connectivity index (χ1v) is 17.6. The summed E-state index contributed by atoms with van der Waals surface area (Å²) in [6.07, 6.45) is 0. The molecule has 0 unspecified atom stereocenters. The van der Waals surface area contributed by atoms with Crippen molar-refractivity contribution in [3.8, 4) is 0 Å². The maximum absolute atomic E-state index is 15.0. The number of nitrogens with one attached hydrogen (secondary N) is 3. The van der Waals surface area contributed by atoms with Crippen molar-refractivity contribution >= 4 is 131 Å². The van der Waals surface area contributed by atoms with E-state index in [2.05, 4.69) is 15.0 Å². The van der Waals surface area contributed by atoms with Crippen LogP contribution in [0.25, 0.3) is 131 Å². The third-order valence-electron chi connectivity index (χ3n) is 11.3. The fourth-order valence-electron chi connectivity index (χ4n) is 8.89. The largest absolute Gasteiger partial charge is 0.454 e. The molecule has 6 aromatic heterocycles. The number of hydrogen-bond acceptors (Lipinski definition) is 6. The highest BCUT2D eigenvalue weighted by Crippen LogP contribution is 2.39. The lowest BCUT2D eigenvalue weighted by Gasteiger charge is -2.13. The minimum Gasteiger partial charge on any atom is -0.454 e. The summed E-state index contributed by atoms with van der Waals surface area (Å²) in [6, 6.07) is 34.0. The molecule has 0 fully saturated rings. The van der Waals surface area contributed by atoms with Gasteiger partial charge in [0, 0.05) is 32.3 Å². The number of rotatable bonds is 0. The molecule has 0 saturated carbocycles. The number of aromatic nitrogens is 3. The molecule has 0 aliphatic heterocycles. The number of benzene rings is 7. The van der Waals surface area contributed by atoms with Gasteiger partial charge in [-0.2, -0.15) is 0 Å². The first kappa shape index (κ1) is 28.0. The van der Waals surface area contributed by atoms with E-state index >= 15 is 0 Å². The molecule has 0 spiro atoms. The first-order valence-electron chi connectivity index (χ1n) is 17.6. The van der Waals surface area contributed by atoms with Crippen molar-refractivity contribution in [2.24, 2.45) is 0 Å². The van der Waals surface area contributed by atoms with Crippen LogP contribution >= 0.6 is 0 Å². The summed E-state index contributed by atoms with van der Waals surface area (Å²) >= 11 is 0. The molecule has 3 N–H and O–H groups in total. The molecular formula is C45H21N3O6. The number of H-pyrrole nitrogens is 3. The Morgan fingerprint density at radius 2 is 0.574 bits per heavy atom. The van der Waals surface area contributed by atoms with Crippen LogP contribution in [0.5, 0.6) is 0 Å². The summed E-state index contributed by atoms with van der Waals surface area (Å²) < 4.78 is 19.1. The van der Waals surface area contributed by atoms with Crippen molar-refractivity contribution < 1.29 is 13.3 Å². The van der Waals surface area contributed by atoms with Crippen LogP contribution < -0.4 is 16.3 Å². The Balaban J connectivity index is 1.31. The van der Waals surface area contributed by atoms with Crippen molar-refractivity contribution in [3.05, 3.63) is 140 Å². The molecule has 0 bridgehead atoms. The quantitative estimate of drug-likeness (QED) is 0.106. The van der Waals surface area contributed by atoms with Gasteiger partial charge in [-0.1, -0.05) is 54.6 Å². The monoisotopic (exact) mass is 699 g/mol. The minimum atomic E-state index is -0.355. The predicted molar refractivity (Wildman–Crippen MR) is 215 cm³/mol. The van der Waals surface area contributed by atoms with Crippen LogP contribution in [-0.2, 0) is 0 Å². The van der Waals surface area contributed by atoms with Gasteiger partial charge in [-0.25, -0.2) is 0 Å². The third-order valence-corrected chi connectivity index (χ3v) is 11.3. The molecule has 0 radical (unpaired) electrons. The fourth-order valence-corrected chi connectivity index (χ4v) is 8.89. The van der Waals surface area contributed by atoms with E-state index < -0.39 is 0 Å². The maximum Gasteiger partial charge on any atom is 0.199 e. The highest BCUT2D eigenvalue weighted by atomic mass is 16.3. The molecule has 0 aliphatic carbocycles. The highest BCUT2D eigenvalue weighted by molar-refractivity contribution is 6.29. The summed E-state index contributed by atoms with van der Waals surface area (Å²) in [5, 5.41) is 6.84. The van der Waals surface area contributed by atoms with Gasteiger partial charge in [0.05, 0.1) is 65.4 Å². The zero-order chi connectivity index (χ0) is 35.6. The normalized spacial score (nSPS) is 12.7. The van der Waals surface area contributed by atoms with Gasteiger partial charge in [0.15, 0.2) is 33.0 Å². The van der Waals surface area contributed by atoms with Gasteiger partial charge in [-0.05, 0) is 54.6 Å². The van der Waals surface area contributed by atoms with E-state index in [0.717, 1.165) is 32.3 Å². The lowest BCUT2D eigenvalue weighted by atomic mass is 9.97. The predicted octanol–water partition coefficient (Wildman–Crippen LogP) is 10.4. The van der Waals surface area contributed by atoms with Gasteiger partial charge < -0.3 is 28.2 Å². The first-order chi connectivity index (χ1) is 26.5. The van der Waals surface area contributed by atoms with E-state index in [1.54, 1.807) is 18.2 Å². The van der Waals surface area contributed by atoms with Gasteiger partial charge in [0.25, 0.3) is 0 Å². The Hall–Kier alpha value is -7.65. The van der Waals surface area contributed by atoms with Crippen LogP contribution in [0.3, 0.4) is 0 Å². The van der Waals surface area contributed by atoms with Crippen LogP contribution in [0.1, 0.15) is 0 Å². The van der Waals surface area contributed by atoms with E-state index in [9.17, 15) is 14.4 Å². The molecule has 0 amide bonds. The summed E-state index contributed by atoms with van der Waals surface area (Å²) in [5.74, 6) is 0. The van der Waals surface area contributed by atoms with Crippen LogP contribution in [0.15, 0.2) is 137 Å². The Bertz CT molecular complexity index is 3650. The molecule has 7 aromatic carbocycles. The zero-order valence-electron chi connectivity index (χ0n) is 27.8. The number of aromatic amines is 3. The van der Waals surface area contributed by atoms with Crippen molar-refractivity contribution in [2.75, 3.05) is 0 Å². The van der Waals surface area contributed by atoms with Gasteiger partial charge in [0.2, 0.25) is 0 Å². The Morgan fingerprint density at radius 1 is 0.296 bits per heavy atom. The van der Waals surface area contributed by atoms with Gasteiger partial charge in [-0.3, -0.25) is 14.4 Å². The molecule has 6 heterocycles. The van der Waals surface area contributed by atoms with Crippen LogP contribution in [-0.4, -0.2) is 15.0 Å². The number of para-hydroxylation sites is 3. The second-order valence-electron chi connectivity index (χ2n) is 14.0. The Morgan fingerprint density at radius 3 is 0.889 bits per heavy atom. The number of hydrogen-bond donors (Lipinski definition) is 3. The molecular weight excluding hydrogens is 679 g/mol. The second kappa shape index (κ2) is 9.41. The number of furan rings is 3. The van der Waals surface area contributed by atoms with Crippen molar-refractivity contribution in [1.29, 1.82) is 0 Å². The van der Waals surface area contributed by atoms with Crippen molar-refractivity contribution in [2.45, 2.75) is 0 Å². The van der Waals surface area contributed by atoms with E-state index in [0.29, 0.717) is 66.2 Å². The molecule has 0 atom stereocenters. The SMILES string of the molecule is O=c1c2ccc3c4ccccc4oc3c2[nH]c2c1c1[nH]c3c(ccc4c5ccccc5oc43)c(=O)c1c1[nH]c3c(ccc4c5ccccc5oc43)c(=O)c21. The van der Waals surface area contributed by atoms with Crippen molar-refractivity contribution in [3.63, 3.8) is 0 Å². The summed E-state index contributed by atoms with van der Waals surface area (Å²) in [5.41, 5.74) is 4.66. The Labute approximate surface area is 298 Å². The van der Waals surface area contributed by atoms with Gasteiger partial charge in [0.1, 0.15) is 16.7 Å². The topological polar surface area (TPSA) is 138 Å². The zero-order valence-corrected chi connectivity index (χ0v) is 27.8. The Kier molecular flexibility index (Phi) is 4.88. The fraction of sp³-hybridized carbons (Fsp3) is 0. The average Bonchev–Trinajstić information content (AvgIpc) is 3.90. The van der Waals surface area contributed by atoms with Crippen LogP contribution in [0.2, 0.25) is 0 Å². The second-order valence-corrected chi connectivity index (χ2v) is 14.0. The molecule has 9 nitrogen and oxygen atoms in total. The van der Waals surface area contributed by atoms with E-state index in [1.165, 1.54) is 0 Å². The average molecular weight is 700 g/mol.